The lowest BCUT2D eigenvalue weighted by atomic mass is 10.2. The molecule has 0 unspecified atom stereocenters. The molecule has 0 aliphatic rings. The summed E-state index contributed by atoms with van der Waals surface area (Å²) in [7, 11) is 0. The lowest BCUT2D eigenvalue weighted by Crippen LogP contribution is -2.05. The fourth-order valence-electron chi connectivity index (χ4n) is 1.84. The van der Waals surface area contributed by atoms with Gasteiger partial charge in [-0.25, -0.2) is 9.48 Å². The van der Waals surface area contributed by atoms with Crippen LogP contribution in [0.2, 0.25) is 0 Å². The number of hydrogen-bond acceptors (Lipinski definition) is 3. The van der Waals surface area contributed by atoms with Gasteiger partial charge in [-0.15, -0.1) is 0 Å². The van der Waals surface area contributed by atoms with Crippen LogP contribution < -0.4 is 0 Å². The summed E-state index contributed by atoms with van der Waals surface area (Å²) in [6, 6.07) is 9.25. The maximum Gasteiger partial charge on any atom is 0.338 e. The van der Waals surface area contributed by atoms with Crippen LogP contribution in [0.3, 0.4) is 0 Å². The number of rotatable bonds is 3. The second-order valence-corrected chi connectivity index (χ2v) is 4.11. The molecule has 0 amide bonds. The molecule has 2 aromatic rings. The minimum atomic E-state index is -0.294. The van der Waals surface area contributed by atoms with Gasteiger partial charge in [0.25, 0.3) is 0 Å². The topological polar surface area (TPSA) is 44.1 Å². The van der Waals surface area contributed by atoms with Crippen LogP contribution in [-0.2, 0) is 4.74 Å². The van der Waals surface area contributed by atoms with Gasteiger partial charge < -0.3 is 4.74 Å². The predicted molar refractivity (Wildman–Crippen MR) is 69.0 cm³/mol. The van der Waals surface area contributed by atoms with Crippen LogP contribution in [0.5, 0.6) is 0 Å². The average molecular weight is 244 g/mol. The van der Waals surface area contributed by atoms with E-state index in [9.17, 15) is 4.79 Å². The molecule has 0 aliphatic heterocycles. The molecule has 1 heterocycles. The number of ether oxygens (including phenoxy) is 1. The zero-order valence-corrected chi connectivity index (χ0v) is 10.8. The fourth-order valence-corrected chi connectivity index (χ4v) is 1.84. The molecule has 94 valence electrons. The van der Waals surface area contributed by atoms with Gasteiger partial charge in [-0.2, -0.15) is 5.10 Å². The van der Waals surface area contributed by atoms with E-state index in [0.29, 0.717) is 12.2 Å². The molecule has 2 rings (SSSR count). The van der Waals surface area contributed by atoms with E-state index in [2.05, 4.69) is 5.10 Å². The smallest absolute Gasteiger partial charge is 0.338 e. The molecule has 0 fully saturated rings. The van der Waals surface area contributed by atoms with Gasteiger partial charge in [-0.3, -0.25) is 0 Å². The number of nitrogens with zero attached hydrogens (tertiary/aromatic N) is 2. The summed E-state index contributed by atoms with van der Waals surface area (Å²) >= 11 is 0. The molecule has 18 heavy (non-hydrogen) atoms. The third-order valence-corrected chi connectivity index (χ3v) is 2.63. The van der Waals surface area contributed by atoms with E-state index in [1.807, 2.05) is 36.7 Å². The third kappa shape index (κ3) is 2.42. The van der Waals surface area contributed by atoms with E-state index >= 15 is 0 Å². The number of benzene rings is 1. The Morgan fingerprint density at radius 1 is 1.28 bits per heavy atom. The van der Waals surface area contributed by atoms with Crippen LogP contribution in [0.4, 0.5) is 0 Å². The summed E-state index contributed by atoms with van der Waals surface area (Å²) in [5.74, 6) is -0.294. The highest BCUT2D eigenvalue weighted by atomic mass is 16.5. The maximum absolute atomic E-state index is 11.5. The summed E-state index contributed by atoms with van der Waals surface area (Å²) in [6.07, 6.45) is 0. The number of aromatic nitrogens is 2. The van der Waals surface area contributed by atoms with Gasteiger partial charge in [0.2, 0.25) is 0 Å². The first-order chi connectivity index (χ1) is 8.61. The minimum absolute atomic E-state index is 0.294. The Hall–Kier alpha value is -2.10. The van der Waals surface area contributed by atoms with Crippen LogP contribution in [0.1, 0.15) is 28.7 Å². The highest BCUT2D eigenvalue weighted by Crippen LogP contribution is 2.13. The average Bonchev–Trinajstić information content (AvgIpc) is 2.69. The SMILES string of the molecule is CCOC(=O)c1ccc(-n2nc(C)cc2C)cc1. The molecule has 0 saturated carbocycles. The molecule has 0 bridgehead atoms. The summed E-state index contributed by atoms with van der Waals surface area (Å²) in [5.41, 5.74) is 3.54. The summed E-state index contributed by atoms with van der Waals surface area (Å²) in [6.45, 7) is 6.13. The monoisotopic (exact) mass is 244 g/mol. The maximum atomic E-state index is 11.5. The molecule has 0 radical (unpaired) electrons. The van der Waals surface area contributed by atoms with Crippen LogP contribution >= 0.6 is 0 Å². The highest BCUT2D eigenvalue weighted by Gasteiger charge is 2.07. The molecular formula is C14H16N2O2. The highest BCUT2D eigenvalue weighted by molar-refractivity contribution is 5.89. The number of carbonyl (C=O) groups is 1. The van der Waals surface area contributed by atoms with Crippen molar-refractivity contribution < 1.29 is 9.53 Å². The van der Waals surface area contributed by atoms with Gasteiger partial charge in [-0.1, -0.05) is 0 Å². The fraction of sp³-hybridized carbons (Fsp3) is 0.286. The first-order valence-electron chi connectivity index (χ1n) is 5.92. The summed E-state index contributed by atoms with van der Waals surface area (Å²) in [4.78, 5) is 11.5. The van der Waals surface area contributed by atoms with E-state index in [1.54, 1.807) is 19.1 Å². The lowest BCUT2D eigenvalue weighted by Gasteiger charge is -2.06. The van der Waals surface area contributed by atoms with Crippen molar-refractivity contribution in [2.24, 2.45) is 0 Å². The van der Waals surface area contributed by atoms with Crippen LogP contribution in [0, 0.1) is 13.8 Å². The summed E-state index contributed by atoms with van der Waals surface area (Å²) in [5, 5.41) is 4.39. The Labute approximate surface area is 106 Å². The van der Waals surface area contributed by atoms with Crippen molar-refractivity contribution >= 4 is 5.97 Å². The number of esters is 1. The van der Waals surface area contributed by atoms with Crippen LogP contribution in [0.25, 0.3) is 5.69 Å². The van der Waals surface area contributed by atoms with E-state index in [4.69, 9.17) is 4.74 Å². The van der Waals surface area contributed by atoms with Crippen molar-refractivity contribution in [2.75, 3.05) is 6.61 Å². The first kappa shape index (κ1) is 12.4. The second-order valence-electron chi connectivity index (χ2n) is 4.11. The van der Waals surface area contributed by atoms with Crippen molar-refractivity contribution in [3.05, 3.63) is 47.3 Å². The van der Waals surface area contributed by atoms with Crippen molar-refractivity contribution in [3.63, 3.8) is 0 Å². The minimum Gasteiger partial charge on any atom is -0.462 e. The Kier molecular flexibility index (Phi) is 3.46. The number of aryl methyl sites for hydroxylation is 2. The van der Waals surface area contributed by atoms with Crippen LogP contribution in [-0.4, -0.2) is 22.4 Å². The Bertz CT molecular complexity index is 556. The number of carbonyl (C=O) groups excluding carboxylic acids is 1. The van der Waals surface area contributed by atoms with Gasteiger partial charge >= 0.3 is 5.97 Å². The largest absolute Gasteiger partial charge is 0.462 e. The molecule has 1 aromatic heterocycles. The summed E-state index contributed by atoms with van der Waals surface area (Å²) < 4.78 is 6.79. The predicted octanol–water partition coefficient (Wildman–Crippen LogP) is 2.67. The normalized spacial score (nSPS) is 10.4. The molecular weight excluding hydrogens is 228 g/mol. The molecule has 0 saturated heterocycles. The van der Waals surface area contributed by atoms with Crippen molar-refractivity contribution in [3.8, 4) is 5.69 Å². The van der Waals surface area contributed by atoms with Gasteiger partial charge in [-0.05, 0) is 51.1 Å². The Morgan fingerprint density at radius 3 is 2.44 bits per heavy atom. The van der Waals surface area contributed by atoms with E-state index < -0.39 is 0 Å². The lowest BCUT2D eigenvalue weighted by molar-refractivity contribution is 0.0526. The molecule has 0 N–H and O–H groups in total. The standard InChI is InChI=1S/C14H16N2O2/c1-4-18-14(17)12-5-7-13(8-6-12)16-11(3)9-10(2)15-16/h5-9H,4H2,1-3H3. The third-order valence-electron chi connectivity index (χ3n) is 2.63. The second kappa shape index (κ2) is 5.04. The molecule has 0 spiro atoms. The molecule has 4 nitrogen and oxygen atoms in total. The molecule has 0 aliphatic carbocycles. The zero-order valence-electron chi connectivity index (χ0n) is 10.8. The van der Waals surface area contributed by atoms with Crippen molar-refractivity contribution in [1.29, 1.82) is 0 Å². The number of hydrogen-bond donors (Lipinski definition) is 0. The molecule has 0 atom stereocenters. The quantitative estimate of drug-likeness (QED) is 0.780. The van der Waals surface area contributed by atoms with E-state index in [-0.39, 0.29) is 5.97 Å². The Morgan fingerprint density at radius 2 is 1.94 bits per heavy atom. The van der Waals surface area contributed by atoms with Gasteiger partial charge in [0.1, 0.15) is 0 Å². The van der Waals surface area contributed by atoms with Gasteiger partial charge in [0, 0.05) is 5.69 Å². The Balaban J connectivity index is 2.27. The first-order valence-corrected chi connectivity index (χ1v) is 5.92. The van der Waals surface area contributed by atoms with Crippen molar-refractivity contribution in [2.45, 2.75) is 20.8 Å². The van der Waals surface area contributed by atoms with E-state index in [1.165, 1.54) is 0 Å². The van der Waals surface area contributed by atoms with Gasteiger partial charge in [0.05, 0.1) is 23.6 Å². The van der Waals surface area contributed by atoms with Gasteiger partial charge in [0.15, 0.2) is 0 Å². The zero-order chi connectivity index (χ0) is 13.1. The van der Waals surface area contributed by atoms with Crippen LogP contribution in [0.15, 0.2) is 30.3 Å². The molecule has 4 heteroatoms. The van der Waals surface area contributed by atoms with Crippen molar-refractivity contribution in [1.82, 2.24) is 9.78 Å². The van der Waals surface area contributed by atoms with E-state index in [0.717, 1.165) is 17.1 Å². The molecule has 1 aromatic carbocycles.